The Kier molecular flexibility index (Phi) is 2.45. The normalized spacial score (nSPS) is 14.3. The summed E-state index contributed by atoms with van der Waals surface area (Å²) in [7, 11) is 0. The van der Waals surface area contributed by atoms with Gasteiger partial charge in [0.05, 0.1) is 11.8 Å². The van der Waals surface area contributed by atoms with Crippen molar-refractivity contribution in [3.8, 4) is 11.3 Å². The average Bonchev–Trinajstić information content (AvgIpc) is 3.07. The van der Waals surface area contributed by atoms with Crippen molar-refractivity contribution in [1.82, 2.24) is 9.88 Å². The van der Waals surface area contributed by atoms with Gasteiger partial charge in [0.2, 0.25) is 0 Å². The summed E-state index contributed by atoms with van der Waals surface area (Å²) in [6, 6.07) is 6.51. The number of nitrogens with zero attached hydrogens (tertiary/aromatic N) is 1. The van der Waals surface area contributed by atoms with E-state index in [9.17, 15) is 9.18 Å². The summed E-state index contributed by atoms with van der Waals surface area (Å²) in [5, 5.41) is 3.59. The predicted octanol–water partition coefficient (Wildman–Crippen LogP) is 3.09. The molecule has 5 heteroatoms. The smallest absolute Gasteiger partial charge is 0.268 e. The molecule has 0 bridgehead atoms. The zero-order valence-electron chi connectivity index (χ0n) is 11.4. The van der Waals surface area contributed by atoms with Gasteiger partial charge in [-0.1, -0.05) is 0 Å². The van der Waals surface area contributed by atoms with E-state index in [1.54, 1.807) is 18.4 Å². The minimum absolute atomic E-state index is 0.110. The van der Waals surface area contributed by atoms with Crippen LogP contribution in [0, 0.1) is 12.7 Å². The third kappa shape index (κ3) is 1.63. The van der Waals surface area contributed by atoms with Crippen LogP contribution in [0.15, 0.2) is 34.9 Å². The van der Waals surface area contributed by atoms with E-state index in [2.05, 4.69) is 5.32 Å². The number of rotatable bonds is 1. The largest absolute Gasteiger partial charge is 0.464 e. The van der Waals surface area contributed by atoms with E-state index in [4.69, 9.17) is 4.42 Å². The SMILES string of the molecule is Cc1c2n(c3c(-c4ccco4)cc(F)cc13)CCNC2=O. The second kappa shape index (κ2) is 4.22. The number of furan rings is 1. The Hall–Kier alpha value is -2.56. The molecule has 0 spiro atoms. The molecule has 0 unspecified atom stereocenters. The molecule has 1 amide bonds. The maximum Gasteiger partial charge on any atom is 0.268 e. The Morgan fingerprint density at radius 3 is 3.00 bits per heavy atom. The van der Waals surface area contributed by atoms with Crippen LogP contribution in [0.2, 0.25) is 0 Å². The molecule has 3 heterocycles. The molecule has 21 heavy (non-hydrogen) atoms. The Bertz CT molecular complexity index is 862. The number of hydrogen-bond acceptors (Lipinski definition) is 2. The van der Waals surface area contributed by atoms with Crippen molar-refractivity contribution in [2.75, 3.05) is 6.54 Å². The molecule has 1 aliphatic heterocycles. The van der Waals surface area contributed by atoms with Crippen LogP contribution in [0.3, 0.4) is 0 Å². The first kappa shape index (κ1) is 12.2. The van der Waals surface area contributed by atoms with Gasteiger partial charge in [-0.15, -0.1) is 0 Å². The summed E-state index contributed by atoms with van der Waals surface area (Å²) < 4.78 is 21.4. The van der Waals surface area contributed by atoms with Crippen LogP contribution in [0.25, 0.3) is 22.2 Å². The molecule has 0 atom stereocenters. The monoisotopic (exact) mass is 284 g/mol. The van der Waals surface area contributed by atoms with Crippen LogP contribution in [0.1, 0.15) is 16.1 Å². The minimum Gasteiger partial charge on any atom is -0.464 e. The predicted molar refractivity (Wildman–Crippen MR) is 76.7 cm³/mol. The van der Waals surface area contributed by atoms with Gasteiger partial charge in [-0.2, -0.15) is 0 Å². The zero-order valence-corrected chi connectivity index (χ0v) is 11.4. The highest BCUT2D eigenvalue weighted by molar-refractivity contribution is 6.05. The Morgan fingerprint density at radius 2 is 2.24 bits per heavy atom. The number of carbonyl (C=O) groups is 1. The molecule has 0 saturated heterocycles. The van der Waals surface area contributed by atoms with Gasteiger partial charge in [-0.3, -0.25) is 4.79 Å². The molecule has 106 valence electrons. The number of carbonyl (C=O) groups excluding carboxylic acids is 1. The average molecular weight is 284 g/mol. The van der Waals surface area contributed by atoms with Gasteiger partial charge in [0.15, 0.2) is 0 Å². The number of hydrogen-bond donors (Lipinski definition) is 1. The molecule has 0 fully saturated rings. The number of aromatic nitrogens is 1. The summed E-state index contributed by atoms with van der Waals surface area (Å²) in [5.41, 5.74) is 2.94. The van der Waals surface area contributed by atoms with Crippen molar-refractivity contribution >= 4 is 16.8 Å². The maximum absolute atomic E-state index is 14.0. The van der Waals surface area contributed by atoms with Crippen molar-refractivity contribution < 1.29 is 13.6 Å². The summed E-state index contributed by atoms with van der Waals surface area (Å²) >= 11 is 0. The van der Waals surface area contributed by atoms with Crippen LogP contribution in [-0.2, 0) is 6.54 Å². The summed E-state index contributed by atoms with van der Waals surface area (Å²) in [6.07, 6.45) is 1.56. The lowest BCUT2D eigenvalue weighted by Crippen LogP contribution is -2.35. The number of fused-ring (bicyclic) bond motifs is 3. The highest BCUT2D eigenvalue weighted by Gasteiger charge is 2.26. The van der Waals surface area contributed by atoms with Gasteiger partial charge in [-0.05, 0) is 36.8 Å². The van der Waals surface area contributed by atoms with Crippen LogP contribution in [0.4, 0.5) is 4.39 Å². The molecule has 4 nitrogen and oxygen atoms in total. The Morgan fingerprint density at radius 1 is 1.38 bits per heavy atom. The van der Waals surface area contributed by atoms with Gasteiger partial charge in [0, 0.05) is 24.0 Å². The van der Waals surface area contributed by atoms with E-state index in [0.29, 0.717) is 30.1 Å². The van der Waals surface area contributed by atoms with Gasteiger partial charge in [0.1, 0.15) is 17.3 Å². The van der Waals surface area contributed by atoms with Crippen LogP contribution in [0.5, 0.6) is 0 Å². The molecule has 1 aliphatic rings. The molecule has 1 N–H and O–H groups in total. The van der Waals surface area contributed by atoms with E-state index in [-0.39, 0.29) is 11.7 Å². The standard InChI is InChI=1S/C16H13FN2O2/c1-9-11-7-10(17)8-12(13-3-2-6-21-13)15(11)19-5-4-18-16(20)14(9)19/h2-3,6-8H,4-5H2,1H3,(H,18,20). The number of amides is 1. The molecule has 2 aromatic heterocycles. The second-order valence-electron chi connectivity index (χ2n) is 5.21. The van der Waals surface area contributed by atoms with Crippen LogP contribution < -0.4 is 5.32 Å². The number of benzene rings is 1. The van der Waals surface area contributed by atoms with E-state index in [0.717, 1.165) is 16.5 Å². The molecule has 0 radical (unpaired) electrons. The number of aryl methyl sites for hydroxylation is 1. The van der Waals surface area contributed by atoms with Crippen molar-refractivity contribution in [3.63, 3.8) is 0 Å². The fraction of sp³-hybridized carbons (Fsp3) is 0.188. The van der Waals surface area contributed by atoms with Crippen LogP contribution in [-0.4, -0.2) is 17.0 Å². The molecular formula is C16H13FN2O2. The van der Waals surface area contributed by atoms with E-state index >= 15 is 0 Å². The number of halogens is 1. The molecular weight excluding hydrogens is 271 g/mol. The molecule has 1 aromatic carbocycles. The van der Waals surface area contributed by atoms with Gasteiger partial charge < -0.3 is 14.3 Å². The topological polar surface area (TPSA) is 47.2 Å². The van der Waals surface area contributed by atoms with Crippen molar-refractivity contribution in [2.45, 2.75) is 13.5 Å². The van der Waals surface area contributed by atoms with Crippen molar-refractivity contribution in [3.05, 3.63) is 47.6 Å². The summed E-state index contributed by atoms with van der Waals surface area (Å²) in [5.74, 6) is 0.159. The fourth-order valence-corrected chi connectivity index (χ4v) is 3.12. The van der Waals surface area contributed by atoms with Crippen LogP contribution >= 0.6 is 0 Å². The van der Waals surface area contributed by atoms with Gasteiger partial charge in [0.25, 0.3) is 5.91 Å². The minimum atomic E-state index is -0.333. The highest BCUT2D eigenvalue weighted by Crippen LogP contribution is 2.35. The number of nitrogens with one attached hydrogen (secondary N) is 1. The highest BCUT2D eigenvalue weighted by atomic mass is 19.1. The molecule has 0 aliphatic carbocycles. The molecule has 4 rings (SSSR count). The zero-order chi connectivity index (χ0) is 14.6. The Labute approximate surface area is 120 Å². The fourth-order valence-electron chi connectivity index (χ4n) is 3.12. The van der Waals surface area contributed by atoms with Gasteiger partial charge >= 0.3 is 0 Å². The lowest BCUT2D eigenvalue weighted by molar-refractivity contribution is 0.0928. The summed E-state index contributed by atoms with van der Waals surface area (Å²) in [4.78, 5) is 12.1. The van der Waals surface area contributed by atoms with E-state index in [1.165, 1.54) is 12.1 Å². The van der Waals surface area contributed by atoms with E-state index in [1.807, 2.05) is 11.5 Å². The third-order valence-electron chi connectivity index (χ3n) is 4.00. The van der Waals surface area contributed by atoms with E-state index < -0.39 is 0 Å². The first-order valence-electron chi connectivity index (χ1n) is 6.81. The lowest BCUT2D eigenvalue weighted by atomic mass is 10.1. The first-order valence-corrected chi connectivity index (χ1v) is 6.81. The molecule has 3 aromatic rings. The third-order valence-corrected chi connectivity index (χ3v) is 4.00. The molecule has 0 saturated carbocycles. The Balaban J connectivity index is 2.16. The lowest BCUT2D eigenvalue weighted by Gasteiger charge is -2.18. The van der Waals surface area contributed by atoms with Crippen molar-refractivity contribution in [1.29, 1.82) is 0 Å². The quantitative estimate of drug-likeness (QED) is 0.746. The van der Waals surface area contributed by atoms with Crippen molar-refractivity contribution in [2.24, 2.45) is 0 Å². The second-order valence-corrected chi connectivity index (χ2v) is 5.21. The first-order chi connectivity index (χ1) is 10.2. The maximum atomic E-state index is 14.0. The van der Waals surface area contributed by atoms with Gasteiger partial charge in [-0.25, -0.2) is 4.39 Å². The summed E-state index contributed by atoms with van der Waals surface area (Å²) in [6.45, 7) is 3.10.